The van der Waals surface area contributed by atoms with E-state index in [0.717, 1.165) is 0 Å². The summed E-state index contributed by atoms with van der Waals surface area (Å²) in [6.07, 6.45) is 0.111. The van der Waals surface area contributed by atoms with Crippen molar-refractivity contribution in [3.05, 3.63) is 58.6 Å². The van der Waals surface area contributed by atoms with Crippen LogP contribution in [-0.4, -0.2) is 15.0 Å². The highest BCUT2D eigenvalue weighted by Gasteiger charge is 2.26. The maximum absolute atomic E-state index is 13.1. The van der Waals surface area contributed by atoms with Crippen molar-refractivity contribution in [2.24, 2.45) is 0 Å². The maximum Gasteiger partial charge on any atom is 0.264 e. The Morgan fingerprint density at radius 3 is 2.39 bits per heavy atom. The Kier molecular flexibility index (Phi) is 5.30. The molecule has 0 atom stereocenters. The summed E-state index contributed by atoms with van der Waals surface area (Å²) in [6, 6.07) is 14.0. The van der Waals surface area contributed by atoms with Crippen LogP contribution in [0.15, 0.2) is 47.4 Å². The van der Waals surface area contributed by atoms with Gasteiger partial charge in [-0.15, -0.1) is 0 Å². The standard InChI is InChI=1S/C17H17ClN2O2S/c1-13-12-17(14(2)11-16(13)18)23(21,22)20(10-6-9-19)15-7-4-3-5-8-15/h3-5,7-8,11-12H,6,10H2,1-2H3. The van der Waals surface area contributed by atoms with Gasteiger partial charge in [0, 0.05) is 11.6 Å². The molecule has 0 fully saturated rings. The molecule has 120 valence electrons. The molecule has 2 aromatic rings. The monoisotopic (exact) mass is 348 g/mol. The number of rotatable bonds is 5. The first-order valence-corrected chi connectivity index (χ1v) is 8.91. The number of nitrogens with zero attached hydrogens (tertiary/aromatic N) is 2. The first kappa shape index (κ1) is 17.3. The molecule has 0 aliphatic rings. The van der Waals surface area contributed by atoms with Gasteiger partial charge in [-0.05, 0) is 49.2 Å². The summed E-state index contributed by atoms with van der Waals surface area (Å²) in [5, 5.41) is 9.38. The minimum Gasteiger partial charge on any atom is -0.265 e. The summed E-state index contributed by atoms with van der Waals surface area (Å²) in [5.74, 6) is 0. The normalized spacial score (nSPS) is 11.0. The lowest BCUT2D eigenvalue weighted by Crippen LogP contribution is -2.32. The Hall–Kier alpha value is -2.03. The summed E-state index contributed by atoms with van der Waals surface area (Å²) in [7, 11) is -3.77. The molecule has 0 spiro atoms. The number of sulfonamides is 1. The summed E-state index contributed by atoms with van der Waals surface area (Å²) in [6.45, 7) is 3.58. The summed E-state index contributed by atoms with van der Waals surface area (Å²) in [5.41, 5.74) is 1.82. The average molecular weight is 349 g/mol. The molecule has 4 nitrogen and oxygen atoms in total. The fourth-order valence-electron chi connectivity index (χ4n) is 2.28. The fraction of sp³-hybridized carbons (Fsp3) is 0.235. The van der Waals surface area contributed by atoms with Crippen LogP contribution >= 0.6 is 11.6 Å². The molecular weight excluding hydrogens is 332 g/mol. The molecule has 0 radical (unpaired) electrons. The van der Waals surface area contributed by atoms with Gasteiger partial charge in [-0.25, -0.2) is 8.42 Å². The van der Waals surface area contributed by atoms with Crippen molar-refractivity contribution < 1.29 is 8.42 Å². The molecule has 0 saturated heterocycles. The highest BCUT2D eigenvalue weighted by molar-refractivity contribution is 7.92. The lowest BCUT2D eigenvalue weighted by Gasteiger charge is -2.24. The Balaban J connectivity index is 2.57. The average Bonchev–Trinajstić information content (AvgIpc) is 2.52. The minimum atomic E-state index is -3.77. The molecule has 2 rings (SSSR count). The maximum atomic E-state index is 13.1. The van der Waals surface area contributed by atoms with Crippen molar-refractivity contribution in [3.8, 4) is 6.07 Å². The number of nitriles is 1. The molecule has 2 aromatic carbocycles. The second-order valence-electron chi connectivity index (χ2n) is 5.19. The van der Waals surface area contributed by atoms with Gasteiger partial charge in [0.2, 0.25) is 0 Å². The number of aryl methyl sites for hydroxylation is 2. The summed E-state index contributed by atoms with van der Waals surface area (Å²) < 4.78 is 27.5. The van der Waals surface area contributed by atoms with E-state index in [2.05, 4.69) is 0 Å². The molecule has 0 aliphatic carbocycles. The molecule has 0 bridgehead atoms. The van der Waals surface area contributed by atoms with Crippen molar-refractivity contribution in [2.75, 3.05) is 10.8 Å². The highest BCUT2D eigenvalue weighted by atomic mass is 35.5. The quantitative estimate of drug-likeness (QED) is 0.818. The Morgan fingerprint density at radius 1 is 1.13 bits per heavy atom. The topological polar surface area (TPSA) is 61.2 Å². The van der Waals surface area contributed by atoms with E-state index in [1.54, 1.807) is 50.2 Å². The third-order valence-electron chi connectivity index (χ3n) is 3.50. The van der Waals surface area contributed by atoms with Crippen LogP contribution in [0, 0.1) is 25.2 Å². The van der Waals surface area contributed by atoms with Crippen LogP contribution in [0.4, 0.5) is 5.69 Å². The van der Waals surface area contributed by atoms with E-state index in [1.807, 2.05) is 12.1 Å². The van der Waals surface area contributed by atoms with Crippen LogP contribution in [0.1, 0.15) is 17.5 Å². The predicted octanol–water partition coefficient (Wildman–Crippen LogP) is 4.07. The molecule has 0 saturated carbocycles. The van der Waals surface area contributed by atoms with Crippen LogP contribution in [-0.2, 0) is 10.0 Å². The first-order chi connectivity index (χ1) is 10.9. The third-order valence-corrected chi connectivity index (χ3v) is 5.87. The first-order valence-electron chi connectivity index (χ1n) is 7.09. The van der Waals surface area contributed by atoms with Crippen LogP contribution in [0.5, 0.6) is 0 Å². The zero-order chi connectivity index (χ0) is 17.0. The van der Waals surface area contributed by atoms with Gasteiger partial charge in [-0.3, -0.25) is 4.31 Å². The van der Waals surface area contributed by atoms with Gasteiger partial charge in [-0.2, -0.15) is 5.26 Å². The molecule has 0 unspecified atom stereocenters. The van der Waals surface area contributed by atoms with E-state index >= 15 is 0 Å². The van der Waals surface area contributed by atoms with E-state index in [1.165, 1.54) is 4.31 Å². The number of benzene rings is 2. The third kappa shape index (κ3) is 3.66. The van der Waals surface area contributed by atoms with E-state index < -0.39 is 10.0 Å². The molecule has 23 heavy (non-hydrogen) atoms. The van der Waals surface area contributed by atoms with Gasteiger partial charge >= 0.3 is 0 Å². The predicted molar refractivity (Wildman–Crippen MR) is 92.1 cm³/mol. The highest BCUT2D eigenvalue weighted by Crippen LogP contribution is 2.29. The Labute approximate surface area is 142 Å². The van der Waals surface area contributed by atoms with Gasteiger partial charge in [0.1, 0.15) is 0 Å². The second-order valence-corrected chi connectivity index (χ2v) is 7.43. The Bertz CT molecular complexity index is 843. The largest absolute Gasteiger partial charge is 0.265 e. The van der Waals surface area contributed by atoms with Crippen molar-refractivity contribution in [1.82, 2.24) is 0 Å². The minimum absolute atomic E-state index is 0.101. The van der Waals surface area contributed by atoms with Crippen LogP contribution in [0.25, 0.3) is 0 Å². The van der Waals surface area contributed by atoms with Gasteiger partial charge in [0.25, 0.3) is 10.0 Å². The smallest absolute Gasteiger partial charge is 0.264 e. The molecule has 0 N–H and O–H groups in total. The van der Waals surface area contributed by atoms with E-state index in [4.69, 9.17) is 16.9 Å². The molecule has 0 amide bonds. The summed E-state index contributed by atoms with van der Waals surface area (Å²) in [4.78, 5) is 0.209. The summed E-state index contributed by atoms with van der Waals surface area (Å²) >= 11 is 6.06. The zero-order valence-corrected chi connectivity index (χ0v) is 14.5. The number of anilines is 1. The van der Waals surface area contributed by atoms with E-state index in [9.17, 15) is 8.42 Å². The SMILES string of the molecule is Cc1cc(S(=O)(=O)N(CCC#N)c2ccccc2)c(C)cc1Cl. The van der Waals surface area contributed by atoms with Crippen LogP contribution in [0.2, 0.25) is 5.02 Å². The van der Waals surface area contributed by atoms with Gasteiger partial charge in [-0.1, -0.05) is 29.8 Å². The molecule has 0 heterocycles. The fourth-order valence-corrected chi connectivity index (χ4v) is 4.26. The molecule has 6 heteroatoms. The van der Waals surface area contributed by atoms with Crippen molar-refractivity contribution in [2.45, 2.75) is 25.2 Å². The van der Waals surface area contributed by atoms with E-state index in [0.29, 0.717) is 21.8 Å². The van der Waals surface area contributed by atoms with Crippen molar-refractivity contribution >= 4 is 27.3 Å². The molecular formula is C17H17ClN2O2S. The zero-order valence-electron chi connectivity index (χ0n) is 13.0. The second kappa shape index (κ2) is 7.03. The van der Waals surface area contributed by atoms with Gasteiger partial charge < -0.3 is 0 Å². The lowest BCUT2D eigenvalue weighted by atomic mass is 10.2. The number of hydrogen-bond acceptors (Lipinski definition) is 3. The van der Waals surface area contributed by atoms with Crippen molar-refractivity contribution in [1.29, 1.82) is 5.26 Å². The van der Waals surface area contributed by atoms with E-state index in [-0.39, 0.29) is 17.9 Å². The number of hydrogen-bond donors (Lipinski definition) is 0. The molecule has 0 aromatic heterocycles. The number of para-hydroxylation sites is 1. The lowest BCUT2D eigenvalue weighted by molar-refractivity contribution is 0.590. The van der Waals surface area contributed by atoms with Crippen molar-refractivity contribution in [3.63, 3.8) is 0 Å². The molecule has 0 aliphatic heterocycles. The van der Waals surface area contributed by atoms with Gasteiger partial charge in [0.15, 0.2) is 0 Å². The van der Waals surface area contributed by atoms with Gasteiger partial charge in [0.05, 0.1) is 23.1 Å². The van der Waals surface area contributed by atoms with Crippen LogP contribution < -0.4 is 4.31 Å². The Morgan fingerprint density at radius 2 is 1.78 bits per heavy atom. The number of halogens is 1. The van der Waals surface area contributed by atoms with Crippen LogP contribution in [0.3, 0.4) is 0 Å².